The molecule has 2 fully saturated rings. The molecule has 2 aromatic rings. The highest BCUT2D eigenvalue weighted by Crippen LogP contribution is 2.41. The van der Waals surface area contributed by atoms with Crippen LogP contribution in [-0.2, 0) is 11.8 Å². The SMILES string of the molecule is C=Cc1cc2c(cn1)cc(C1CC(NC(=O)C3CCCC(C(F)(F)F)C3)CCC1C)c(=O)n2C. The molecule has 5 unspecified atom stereocenters. The molecular weight excluding hydrogens is 443 g/mol. The van der Waals surface area contributed by atoms with E-state index >= 15 is 0 Å². The van der Waals surface area contributed by atoms with Gasteiger partial charge in [0.1, 0.15) is 0 Å². The molecule has 2 aliphatic rings. The van der Waals surface area contributed by atoms with Crippen molar-refractivity contribution >= 4 is 22.9 Å². The Morgan fingerprint density at radius 3 is 2.68 bits per heavy atom. The zero-order valence-corrected chi connectivity index (χ0v) is 19.7. The van der Waals surface area contributed by atoms with Gasteiger partial charge in [0.25, 0.3) is 5.56 Å². The first-order valence-electron chi connectivity index (χ1n) is 12.1. The van der Waals surface area contributed by atoms with E-state index in [1.807, 2.05) is 12.1 Å². The predicted molar refractivity (Wildman–Crippen MR) is 126 cm³/mol. The molecule has 0 aliphatic heterocycles. The standard InChI is InChI=1S/C26H32F3N3O2/c1-4-19-13-23-17(14-30-19)11-22(25(34)32(23)3)21-12-20(9-8-15(21)2)31-24(33)16-6-5-7-18(10-16)26(27,28)29/h4,11,13-16,18,20-21H,1,5-10,12H2,2-3H3,(H,31,33). The number of fused-ring (bicyclic) bond motifs is 1. The molecule has 1 N–H and O–H groups in total. The van der Waals surface area contributed by atoms with E-state index in [-0.39, 0.29) is 42.2 Å². The first kappa shape index (κ1) is 24.5. The molecule has 0 bridgehead atoms. The molecule has 2 aliphatic carbocycles. The van der Waals surface area contributed by atoms with Gasteiger partial charge in [0, 0.05) is 36.2 Å². The highest BCUT2D eigenvalue weighted by molar-refractivity contribution is 5.81. The van der Waals surface area contributed by atoms with Crippen LogP contribution in [0.3, 0.4) is 0 Å². The second-order valence-corrected chi connectivity index (χ2v) is 10.0. The van der Waals surface area contributed by atoms with E-state index in [4.69, 9.17) is 0 Å². The van der Waals surface area contributed by atoms with E-state index in [9.17, 15) is 22.8 Å². The number of aryl methyl sites for hydroxylation is 1. The van der Waals surface area contributed by atoms with Gasteiger partial charge < -0.3 is 9.88 Å². The van der Waals surface area contributed by atoms with Gasteiger partial charge in [-0.1, -0.05) is 19.9 Å². The first-order valence-corrected chi connectivity index (χ1v) is 12.1. The smallest absolute Gasteiger partial charge is 0.353 e. The van der Waals surface area contributed by atoms with Crippen LogP contribution in [0.25, 0.3) is 17.0 Å². The summed E-state index contributed by atoms with van der Waals surface area (Å²) in [5, 5.41) is 3.89. The number of hydrogen-bond donors (Lipinski definition) is 1. The normalized spacial score (nSPS) is 28.0. The Bertz CT molecular complexity index is 1140. The molecule has 0 spiro atoms. The van der Waals surface area contributed by atoms with Crippen LogP contribution in [0.2, 0.25) is 0 Å². The maximum atomic E-state index is 13.3. The van der Waals surface area contributed by atoms with Gasteiger partial charge in [-0.2, -0.15) is 13.2 Å². The van der Waals surface area contributed by atoms with E-state index in [0.717, 1.165) is 23.7 Å². The van der Waals surface area contributed by atoms with Crippen LogP contribution in [0.4, 0.5) is 13.2 Å². The van der Waals surface area contributed by atoms with Crippen molar-refractivity contribution in [2.24, 2.45) is 24.8 Å². The van der Waals surface area contributed by atoms with Gasteiger partial charge in [-0.05, 0) is 68.6 Å². The Hall–Kier alpha value is -2.64. The molecule has 2 aromatic heterocycles. The van der Waals surface area contributed by atoms with Crippen molar-refractivity contribution < 1.29 is 18.0 Å². The van der Waals surface area contributed by atoms with E-state index in [0.29, 0.717) is 30.5 Å². The Balaban J connectivity index is 1.52. The number of halogens is 3. The number of aromatic nitrogens is 2. The molecule has 184 valence electrons. The number of alkyl halides is 3. The number of carbonyl (C=O) groups excluding carboxylic acids is 1. The van der Waals surface area contributed by atoms with E-state index in [1.54, 1.807) is 23.9 Å². The van der Waals surface area contributed by atoms with Crippen molar-refractivity contribution in [2.75, 3.05) is 0 Å². The van der Waals surface area contributed by atoms with Gasteiger partial charge in [0.2, 0.25) is 5.91 Å². The third-order valence-electron chi connectivity index (χ3n) is 7.82. The fourth-order valence-corrected chi connectivity index (χ4v) is 5.71. The zero-order valence-electron chi connectivity index (χ0n) is 19.7. The molecule has 8 heteroatoms. The second-order valence-electron chi connectivity index (χ2n) is 10.0. The van der Waals surface area contributed by atoms with E-state index < -0.39 is 18.0 Å². The molecule has 0 saturated heterocycles. The van der Waals surface area contributed by atoms with Gasteiger partial charge in [-0.3, -0.25) is 14.6 Å². The summed E-state index contributed by atoms with van der Waals surface area (Å²) in [5.41, 5.74) is 2.10. The molecule has 5 nitrogen and oxygen atoms in total. The molecule has 5 atom stereocenters. The number of carbonyl (C=O) groups is 1. The van der Waals surface area contributed by atoms with Gasteiger partial charge in [-0.15, -0.1) is 0 Å². The van der Waals surface area contributed by atoms with Crippen molar-refractivity contribution in [1.82, 2.24) is 14.9 Å². The third kappa shape index (κ3) is 4.91. The minimum Gasteiger partial charge on any atom is -0.353 e. The highest BCUT2D eigenvalue weighted by Gasteiger charge is 2.44. The first-order chi connectivity index (χ1) is 16.1. The summed E-state index contributed by atoms with van der Waals surface area (Å²) in [6.45, 7) is 5.84. The number of pyridine rings is 2. The lowest BCUT2D eigenvalue weighted by Crippen LogP contribution is -2.45. The summed E-state index contributed by atoms with van der Waals surface area (Å²) in [4.78, 5) is 30.5. The Labute approximate surface area is 197 Å². The van der Waals surface area contributed by atoms with Crippen molar-refractivity contribution in [1.29, 1.82) is 0 Å². The number of hydrogen-bond acceptors (Lipinski definition) is 3. The van der Waals surface area contributed by atoms with Crippen molar-refractivity contribution in [3.8, 4) is 0 Å². The molecule has 0 aromatic carbocycles. The Morgan fingerprint density at radius 1 is 1.21 bits per heavy atom. The molecule has 34 heavy (non-hydrogen) atoms. The van der Waals surface area contributed by atoms with E-state index in [2.05, 4.69) is 23.8 Å². The molecule has 1 amide bonds. The number of amides is 1. The lowest BCUT2D eigenvalue weighted by molar-refractivity contribution is -0.186. The molecule has 4 rings (SSSR count). The maximum Gasteiger partial charge on any atom is 0.391 e. The average molecular weight is 476 g/mol. The lowest BCUT2D eigenvalue weighted by Gasteiger charge is -2.36. The van der Waals surface area contributed by atoms with Crippen molar-refractivity contribution in [2.45, 2.75) is 70.0 Å². The van der Waals surface area contributed by atoms with Crippen LogP contribution in [0, 0.1) is 17.8 Å². The second kappa shape index (κ2) is 9.55. The van der Waals surface area contributed by atoms with Crippen LogP contribution in [0.5, 0.6) is 0 Å². The minimum atomic E-state index is -4.25. The Morgan fingerprint density at radius 2 is 1.97 bits per heavy atom. The van der Waals surface area contributed by atoms with Gasteiger partial charge >= 0.3 is 6.18 Å². The van der Waals surface area contributed by atoms with Gasteiger partial charge in [-0.25, -0.2) is 0 Å². The largest absolute Gasteiger partial charge is 0.391 e. The number of rotatable bonds is 4. The van der Waals surface area contributed by atoms with Crippen LogP contribution >= 0.6 is 0 Å². The van der Waals surface area contributed by atoms with Gasteiger partial charge in [0.15, 0.2) is 0 Å². The van der Waals surface area contributed by atoms with Crippen LogP contribution in [0.1, 0.15) is 69.0 Å². The zero-order chi connectivity index (χ0) is 24.6. The van der Waals surface area contributed by atoms with Gasteiger partial charge in [0.05, 0.1) is 17.1 Å². The molecular formula is C26H32F3N3O2. The molecule has 0 radical (unpaired) electrons. The summed E-state index contributed by atoms with van der Waals surface area (Å²) < 4.78 is 41.1. The van der Waals surface area contributed by atoms with Crippen LogP contribution < -0.4 is 10.9 Å². The maximum absolute atomic E-state index is 13.3. The minimum absolute atomic E-state index is 0.0458. The van der Waals surface area contributed by atoms with Crippen LogP contribution in [0.15, 0.2) is 29.7 Å². The highest BCUT2D eigenvalue weighted by atomic mass is 19.4. The van der Waals surface area contributed by atoms with Crippen molar-refractivity contribution in [3.63, 3.8) is 0 Å². The molecule has 2 saturated carbocycles. The monoisotopic (exact) mass is 475 g/mol. The topological polar surface area (TPSA) is 64.0 Å². The van der Waals surface area contributed by atoms with E-state index in [1.165, 1.54) is 0 Å². The summed E-state index contributed by atoms with van der Waals surface area (Å²) >= 11 is 0. The quantitative estimate of drug-likeness (QED) is 0.650. The summed E-state index contributed by atoms with van der Waals surface area (Å²) in [6.07, 6.45) is 2.20. The lowest BCUT2D eigenvalue weighted by atomic mass is 9.74. The third-order valence-corrected chi connectivity index (χ3v) is 7.82. The fraction of sp³-hybridized carbons (Fsp3) is 0.577. The number of nitrogens with one attached hydrogen (secondary N) is 1. The fourth-order valence-electron chi connectivity index (χ4n) is 5.71. The predicted octanol–water partition coefficient (Wildman–Crippen LogP) is 5.33. The number of nitrogens with zero attached hydrogens (tertiary/aromatic N) is 2. The Kier molecular flexibility index (Phi) is 6.87. The summed E-state index contributed by atoms with van der Waals surface area (Å²) in [7, 11) is 1.74. The average Bonchev–Trinajstić information content (AvgIpc) is 2.82. The summed E-state index contributed by atoms with van der Waals surface area (Å²) in [5.74, 6) is -2.07. The van der Waals surface area contributed by atoms with Crippen LogP contribution in [-0.4, -0.2) is 27.7 Å². The van der Waals surface area contributed by atoms with Crippen molar-refractivity contribution in [3.05, 3.63) is 46.5 Å². The molecule has 2 heterocycles. The summed E-state index contributed by atoms with van der Waals surface area (Å²) in [6, 6.07) is 3.58.